The first-order chi connectivity index (χ1) is 10.3. The summed E-state index contributed by atoms with van der Waals surface area (Å²) in [7, 11) is -0.0404. The monoisotopic (exact) mass is 328 g/mol. The molecule has 0 saturated heterocycles. The fraction of sp³-hybridized carbons (Fsp3) is 0.429. The van der Waals surface area contributed by atoms with E-state index in [2.05, 4.69) is 0 Å². The molecule has 0 bridgehead atoms. The highest BCUT2D eigenvalue weighted by Crippen LogP contribution is 2.57. The summed E-state index contributed by atoms with van der Waals surface area (Å²) in [6.07, 6.45) is 1.58. The number of nitro benzene ring substituents is 1. The van der Waals surface area contributed by atoms with Crippen molar-refractivity contribution >= 4 is 19.4 Å². The molecule has 0 fully saturated rings. The van der Waals surface area contributed by atoms with Gasteiger partial charge >= 0.3 is 7.60 Å². The van der Waals surface area contributed by atoms with Crippen LogP contribution in [0, 0.1) is 10.1 Å². The lowest BCUT2D eigenvalue weighted by atomic mass is 10.2. The number of hydrogen-bond acceptors (Lipinski definition) is 6. The average molecular weight is 328 g/mol. The minimum absolute atomic E-state index is 0.0329. The van der Waals surface area contributed by atoms with E-state index in [1.165, 1.54) is 12.1 Å². The van der Waals surface area contributed by atoms with E-state index >= 15 is 0 Å². The number of benzene rings is 1. The van der Waals surface area contributed by atoms with Crippen LogP contribution in [0.1, 0.15) is 19.4 Å². The number of nitrogens with zero attached hydrogens (tertiary/aromatic N) is 2. The van der Waals surface area contributed by atoms with Gasteiger partial charge in [-0.1, -0.05) is 12.1 Å². The Bertz CT molecular complexity index is 591. The molecule has 0 aromatic heterocycles. The van der Waals surface area contributed by atoms with Crippen molar-refractivity contribution in [2.75, 3.05) is 27.3 Å². The van der Waals surface area contributed by atoms with Crippen molar-refractivity contribution < 1.29 is 18.5 Å². The third-order valence-electron chi connectivity index (χ3n) is 2.71. The highest BCUT2D eigenvalue weighted by molar-refractivity contribution is 7.58. The summed E-state index contributed by atoms with van der Waals surface area (Å²) < 4.78 is 23.6. The molecular weight excluding hydrogens is 307 g/mol. The van der Waals surface area contributed by atoms with E-state index in [9.17, 15) is 14.7 Å². The molecule has 7 nitrogen and oxygen atoms in total. The maximum Gasteiger partial charge on any atom is 0.377 e. The lowest BCUT2D eigenvalue weighted by Gasteiger charge is -2.25. The molecule has 1 rings (SSSR count). The predicted octanol–water partition coefficient (Wildman–Crippen LogP) is 3.72. The molecule has 22 heavy (non-hydrogen) atoms. The Labute approximate surface area is 130 Å². The average Bonchev–Trinajstić information content (AvgIpc) is 2.45. The van der Waals surface area contributed by atoms with Gasteiger partial charge in [0.15, 0.2) is 0 Å². The largest absolute Gasteiger partial charge is 0.377 e. The first kappa shape index (κ1) is 18.4. The van der Waals surface area contributed by atoms with Gasteiger partial charge in [0.1, 0.15) is 5.44 Å². The van der Waals surface area contributed by atoms with Crippen molar-refractivity contribution in [3.05, 3.63) is 45.4 Å². The molecule has 8 heteroatoms. The summed E-state index contributed by atoms with van der Waals surface area (Å²) in [6, 6.07) is 6.07. The van der Waals surface area contributed by atoms with Crippen molar-refractivity contribution in [3.8, 4) is 0 Å². The standard InChI is InChI=1S/C14H21N2O5P/c1-5-20-22(19,21-6-2)14(15(3)4)11-12-8-7-9-13(10-12)16(17)18/h7-11H,5-6H2,1-4H3/b14-11+. The molecule has 1 aromatic rings. The first-order valence-electron chi connectivity index (χ1n) is 6.87. The van der Waals surface area contributed by atoms with Gasteiger partial charge in [-0.2, -0.15) is 0 Å². The molecule has 0 N–H and O–H groups in total. The maximum absolute atomic E-state index is 12.9. The van der Waals surface area contributed by atoms with Crippen LogP contribution < -0.4 is 0 Å². The van der Waals surface area contributed by atoms with Gasteiger partial charge in [0.05, 0.1) is 18.1 Å². The molecule has 0 aliphatic carbocycles. The van der Waals surface area contributed by atoms with E-state index in [0.717, 1.165) is 0 Å². The Morgan fingerprint density at radius 3 is 2.36 bits per heavy atom. The third kappa shape index (κ3) is 4.66. The van der Waals surface area contributed by atoms with Gasteiger partial charge in [-0.05, 0) is 25.5 Å². The zero-order valence-electron chi connectivity index (χ0n) is 13.2. The van der Waals surface area contributed by atoms with Crippen LogP contribution in [-0.2, 0) is 13.6 Å². The van der Waals surface area contributed by atoms with E-state index in [1.54, 1.807) is 51.1 Å². The Morgan fingerprint density at radius 1 is 1.32 bits per heavy atom. The van der Waals surface area contributed by atoms with Gasteiger partial charge in [0.25, 0.3) is 5.69 Å². The molecular formula is C14H21N2O5P. The minimum Gasteiger partial charge on any atom is -0.371 e. The number of nitro groups is 1. The summed E-state index contributed by atoms with van der Waals surface area (Å²) in [5.41, 5.74) is 0.865. The fourth-order valence-electron chi connectivity index (χ4n) is 1.84. The predicted molar refractivity (Wildman–Crippen MR) is 85.6 cm³/mol. The van der Waals surface area contributed by atoms with Crippen LogP contribution in [0.2, 0.25) is 0 Å². The van der Waals surface area contributed by atoms with Gasteiger partial charge in [0.2, 0.25) is 0 Å². The second kappa shape index (κ2) is 8.08. The Kier molecular flexibility index (Phi) is 6.74. The summed E-state index contributed by atoms with van der Waals surface area (Å²) in [6.45, 7) is 3.92. The van der Waals surface area contributed by atoms with E-state index < -0.39 is 12.5 Å². The van der Waals surface area contributed by atoms with Crippen LogP contribution in [0.25, 0.3) is 6.08 Å². The summed E-state index contributed by atoms with van der Waals surface area (Å²) in [4.78, 5) is 12.0. The van der Waals surface area contributed by atoms with Gasteiger partial charge in [0, 0.05) is 26.2 Å². The van der Waals surface area contributed by atoms with Crippen LogP contribution in [0.3, 0.4) is 0 Å². The van der Waals surface area contributed by atoms with Gasteiger partial charge in [-0.15, -0.1) is 0 Å². The Morgan fingerprint density at radius 2 is 1.91 bits per heavy atom. The molecule has 0 amide bonds. The van der Waals surface area contributed by atoms with E-state index in [4.69, 9.17) is 9.05 Å². The molecule has 0 unspecified atom stereocenters. The minimum atomic E-state index is -3.47. The molecule has 0 atom stereocenters. The third-order valence-corrected chi connectivity index (χ3v) is 5.00. The summed E-state index contributed by atoms with van der Waals surface area (Å²) >= 11 is 0. The lowest BCUT2D eigenvalue weighted by Crippen LogP contribution is -2.14. The van der Waals surface area contributed by atoms with Crippen LogP contribution >= 0.6 is 7.60 Å². The van der Waals surface area contributed by atoms with Crippen molar-refractivity contribution in [3.63, 3.8) is 0 Å². The molecule has 0 saturated carbocycles. The van der Waals surface area contributed by atoms with Gasteiger partial charge in [-0.3, -0.25) is 14.7 Å². The number of rotatable bonds is 8. The van der Waals surface area contributed by atoms with E-state index in [1.807, 2.05) is 0 Å². The second-order valence-electron chi connectivity index (χ2n) is 4.58. The van der Waals surface area contributed by atoms with Gasteiger partial charge < -0.3 is 13.9 Å². The Hall–Kier alpha value is -1.69. The zero-order valence-corrected chi connectivity index (χ0v) is 14.1. The highest BCUT2D eigenvalue weighted by Gasteiger charge is 2.31. The Balaban J connectivity index is 3.32. The van der Waals surface area contributed by atoms with Crippen molar-refractivity contribution in [1.82, 2.24) is 4.90 Å². The second-order valence-corrected chi connectivity index (χ2v) is 6.55. The first-order valence-corrected chi connectivity index (χ1v) is 8.41. The van der Waals surface area contributed by atoms with Crippen LogP contribution in [0.5, 0.6) is 0 Å². The molecule has 0 aliphatic heterocycles. The van der Waals surface area contributed by atoms with Crippen LogP contribution in [-0.4, -0.2) is 37.1 Å². The topological polar surface area (TPSA) is 81.9 Å². The molecule has 122 valence electrons. The van der Waals surface area contributed by atoms with Crippen molar-refractivity contribution in [2.24, 2.45) is 0 Å². The van der Waals surface area contributed by atoms with Crippen LogP contribution in [0.4, 0.5) is 5.69 Å². The molecule has 0 spiro atoms. The van der Waals surface area contributed by atoms with Crippen LogP contribution in [0.15, 0.2) is 29.7 Å². The molecule has 0 heterocycles. The number of hydrogen-bond donors (Lipinski definition) is 0. The number of non-ortho nitro benzene ring substituents is 1. The fourth-order valence-corrected chi connectivity index (χ4v) is 3.66. The lowest BCUT2D eigenvalue weighted by molar-refractivity contribution is -0.384. The van der Waals surface area contributed by atoms with E-state index in [-0.39, 0.29) is 18.9 Å². The maximum atomic E-state index is 12.9. The molecule has 1 aromatic carbocycles. The normalized spacial score (nSPS) is 12.3. The molecule has 0 aliphatic rings. The smallest absolute Gasteiger partial charge is 0.371 e. The van der Waals surface area contributed by atoms with Gasteiger partial charge in [-0.25, -0.2) is 0 Å². The van der Waals surface area contributed by atoms with Crippen molar-refractivity contribution in [2.45, 2.75) is 13.8 Å². The quantitative estimate of drug-likeness (QED) is 0.411. The summed E-state index contributed by atoms with van der Waals surface area (Å²) in [5.74, 6) is 0. The molecule has 0 radical (unpaired) electrons. The highest BCUT2D eigenvalue weighted by atomic mass is 31.2. The zero-order chi connectivity index (χ0) is 16.8. The summed E-state index contributed by atoms with van der Waals surface area (Å²) in [5, 5.41) is 10.8. The van der Waals surface area contributed by atoms with Crippen molar-refractivity contribution in [1.29, 1.82) is 0 Å². The SMILES string of the molecule is CCOP(=O)(OCC)/C(=C/c1cccc([N+](=O)[O-])c1)N(C)C. The van der Waals surface area contributed by atoms with E-state index in [0.29, 0.717) is 11.0 Å².